The number of benzene rings is 2. The number of para-hydroxylation sites is 1. The molecule has 2 aliphatic rings. The van der Waals surface area contributed by atoms with Gasteiger partial charge in [-0.2, -0.15) is 0 Å². The number of nitrogens with one attached hydrogen (secondary N) is 2. The topological polar surface area (TPSA) is 84.2 Å². The number of amides is 2. The number of carbonyl (C=O) groups excluding carboxylic acids is 2. The summed E-state index contributed by atoms with van der Waals surface area (Å²) in [6.07, 6.45) is 2.96. The van der Waals surface area contributed by atoms with Gasteiger partial charge in [-0.1, -0.05) is 36.4 Å². The third-order valence-electron chi connectivity index (χ3n) is 5.65. The van der Waals surface area contributed by atoms with E-state index < -0.39 is 0 Å². The van der Waals surface area contributed by atoms with E-state index in [1.165, 1.54) is 11.1 Å². The molecular weight excluding hydrogens is 326 g/mol. The van der Waals surface area contributed by atoms with E-state index in [0.717, 1.165) is 19.3 Å². The van der Waals surface area contributed by atoms with E-state index in [0.29, 0.717) is 24.3 Å². The number of aryl methyl sites for hydroxylation is 1. The Hall–Kier alpha value is -2.66. The Morgan fingerprint density at radius 2 is 1.88 bits per heavy atom. The highest BCUT2D eigenvalue weighted by Gasteiger charge is 2.61. The summed E-state index contributed by atoms with van der Waals surface area (Å²) in [5.74, 6) is -0.241. The highest BCUT2D eigenvalue weighted by atomic mass is 16.2. The fourth-order valence-corrected chi connectivity index (χ4v) is 4.23. The van der Waals surface area contributed by atoms with E-state index in [1.54, 1.807) is 18.2 Å². The molecule has 4 N–H and O–H groups in total. The third-order valence-corrected chi connectivity index (χ3v) is 5.65. The maximum Gasteiger partial charge on any atom is 0.253 e. The minimum atomic E-state index is -0.219. The van der Waals surface area contributed by atoms with Crippen LogP contribution >= 0.6 is 0 Å². The maximum atomic E-state index is 12.9. The number of carbonyl (C=O) groups is 2. The predicted octanol–water partition coefficient (Wildman–Crippen LogP) is 2.22. The molecule has 2 aliphatic carbocycles. The summed E-state index contributed by atoms with van der Waals surface area (Å²) < 4.78 is 0. The average molecular weight is 349 g/mol. The van der Waals surface area contributed by atoms with Crippen LogP contribution in [0.4, 0.5) is 5.69 Å². The van der Waals surface area contributed by atoms with Crippen molar-refractivity contribution in [1.29, 1.82) is 0 Å². The van der Waals surface area contributed by atoms with Gasteiger partial charge in [0.2, 0.25) is 5.91 Å². The molecule has 2 aromatic carbocycles. The van der Waals surface area contributed by atoms with Crippen LogP contribution in [0.5, 0.6) is 0 Å². The van der Waals surface area contributed by atoms with E-state index in [9.17, 15) is 9.59 Å². The lowest BCUT2D eigenvalue weighted by atomic mass is 9.95. The van der Waals surface area contributed by atoms with E-state index in [2.05, 4.69) is 34.9 Å². The van der Waals surface area contributed by atoms with Crippen LogP contribution < -0.4 is 16.4 Å². The molecule has 0 saturated heterocycles. The Kier molecular flexibility index (Phi) is 4.24. The molecule has 0 radical (unpaired) electrons. The lowest BCUT2D eigenvalue weighted by Gasteiger charge is -2.14. The van der Waals surface area contributed by atoms with Crippen LogP contribution in [0, 0.1) is 5.92 Å². The molecule has 0 bridgehead atoms. The van der Waals surface area contributed by atoms with Crippen molar-refractivity contribution in [2.75, 3.05) is 18.4 Å². The molecule has 26 heavy (non-hydrogen) atoms. The Labute approximate surface area is 153 Å². The molecule has 0 aromatic heterocycles. The smallest absolute Gasteiger partial charge is 0.253 e. The van der Waals surface area contributed by atoms with Gasteiger partial charge in [-0.25, -0.2) is 0 Å². The quantitative estimate of drug-likeness (QED) is 0.774. The van der Waals surface area contributed by atoms with E-state index in [1.807, 2.05) is 6.07 Å². The van der Waals surface area contributed by atoms with Crippen LogP contribution in [0.3, 0.4) is 0 Å². The first-order valence-corrected chi connectivity index (χ1v) is 9.12. The number of fused-ring (bicyclic) bond motifs is 2. The van der Waals surface area contributed by atoms with Crippen molar-refractivity contribution >= 4 is 17.5 Å². The van der Waals surface area contributed by atoms with Gasteiger partial charge >= 0.3 is 0 Å². The molecule has 2 aromatic rings. The molecule has 134 valence electrons. The first-order chi connectivity index (χ1) is 12.7. The van der Waals surface area contributed by atoms with Crippen LogP contribution in [-0.2, 0) is 16.6 Å². The van der Waals surface area contributed by atoms with Gasteiger partial charge in [0.15, 0.2) is 0 Å². The zero-order valence-electron chi connectivity index (χ0n) is 14.6. The van der Waals surface area contributed by atoms with Crippen LogP contribution in [0.1, 0.15) is 34.3 Å². The van der Waals surface area contributed by atoms with Crippen molar-refractivity contribution in [1.82, 2.24) is 5.32 Å². The molecule has 1 spiro atoms. The summed E-state index contributed by atoms with van der Waals surface area (Å²) in [7, 11) is 0. The van der Waals surface area contributed by atoms with Crippen LogP contribution in [0.15, 0.2) is 48.5 Å². The Balaban J connectivity index is 1.50. The number of hydrogen-bond acceptors (Lipinski definition) is 3. The van der Waals surface area contributed by atoms with Gasteiger partial charge in [0.05, 0.1) is 11.3 Å². The lowest BCUT2D eigenvalue weighted by molar-refractivity contribution is -0.117. The lowest BCUT2D eigenvalue weighted by Crippen LogP contribution is -2.30. The molecule has 0 heterocycles. The second-order valence-corrected chi connectivity index (χ2v) is 7.15. The summed E-state index contributed by atoms with van der Waals surface area (Å²) in [6, 6.07) is 15.5. The number of rotatable bonds is 5. The molecule has 2 atom stereocenters. The molecule has 4 rings (SSSR count). The zero-order valence-corrected chi connectivity index (χ0v) is 14.6. The van der Waals surface area contributed by atoms with Crippen molar-refractivity contribution in [3.05, 3.63) is 65.2 Å². The Bertz CT molecular complexity index is 864. The van der Waals surface area contributed by atoms with E-state index in [-0.39, 0.29) is 23.1 Å². The molecule has 5 nitrogen and oxygen atoms in total. The number of hydrogen-bond donors (Lipinski definition) is 3. The van der Waals surface area contributed by atoms with Crippen molar-refractivity contribution in [2.24, 2.45) is 11.7 Å². The molecule has 0 unspecified atom stereocenters. The summed E-state index contributed by atoms with van der Waals surface area (Å²) >= 11 is 0. The fraction of sp³-hybridized carbons (Fsp3) is 0.333. The minimum Gasteiger partial charge on any atom is -0.351 e. The first-order valence-electron chi connectivity index (χ1n) is 9.12. The molecular formula is C21H23N3O2. The predicted molar refractivity (Wildman–Crippen MR) is 101 cm³/mol. The SMILES string of the molecule is NCCNC(=O)c1ccccc1NC(=O)[C@H]1C[C@@]12CCc1ccccc12. The second kappa shape index (κ2) is 6.57. The van der Waals surface area contributed by atoms with Gasteiger partial charge < -0.3 is 16.4 Å². The molecule has 1 saturated carbocycles. The average Bonchev–Trinajstić information content (AvgIpc) is 3.29. The zero-order chi connectivity index (χ0) is 18.1. The normalized spacial score (nSPS) is 22.7. The van der Waals surface area contributed by atoms with Crippen molar-refractivity contribution in [3.63, 3.8) is 0 Å². The van der Waals surface area contributed by atoms with Crippen molar-refractivity contribution in [3.8, 4) is 0 Å². The van der Waals surface area contributed by atoms with Gasteiger partial charge in [0.1, 0.15) is 0 Å². The van der Waals surface area contributed by atoms with Gasteiger partial charge in [-0.3, -0.25) is 9.59 Å². The minimum absolute atomic E-state index is 0.000720. The number of anilines is 1. The molecule has 5 heteroatoms. The Morgan fingerprint density at radius 1 is 1.12 bits per heavy atom. The van der Waals surface area contributed by atoms with Gasteiger partial charge in [0.25, 0.3) is 5.91 Å². The summed E-state index contributed by atoms with van der Waals surface area (Å²) in [5.41, 5.74) is 9.16. The van der Waals surface area contributed by atoms with E-state index in [4.69, 9.17) is 5.73 Å². The summed E-state index contributed by atoms with van der Waals surface area (Å²) in [4.78, 5) is 25.2. The summed E-state index contributed by atoms with van der Waals surface area (Å²) in [5, 5.41) is 5.73. The van der Waals surface area contributed by atoms with Crippen LogP contribution in [0.25, 0.3) is 0 Å². The van der Waals surface area contributed by atoms with Gasteiger partial charge in [0, 0.05) is 24.4 Å². The van der Waals surface area contributed by atoms with Gasteiger partial charge in [-0.05, 0) is 42.5 Å². The third kappa shape index (κ3) is 2.78. The first kappa shape index (κ1) is 16.8. The monoisotopic (exact) mass is 349 g/mol. The maximum absolute atomic E-state index is 12.9. The number of nitrogens with two attached hydrogens (primary N) is 1. The highest BCUT2D eigenvalue weighted by molar-refractivity contribution is 6.05. The summed E-state index contributed by atoms with van der Waals surface area (Å²) in [6.45, 7) is 0.786. The van der Waals surface area contributed by atoms with Crippen LogP contribution in [-0.4, -0.2) is 24.9 Å². The standard InChI is InChI=1S/C21H23N3O2/c22-11-12-23-19(25)15-6-2-4-8-18(15)24-20(26)17-13-21(17)10-9-14-5-1-3-7-16(14)21/h1-8,17H,9-13,22H2,(H,23,25)(H,24,26)/t17-,21-/m1/s1. The molecule has 0 aliphatic heterocycles. The van der Waals surface area contributed by atoms with E-state index >= 15 is 0 Å². The molecule has 1 fully saturated rings. The van der Waals surface area contributed by atoms with Gasteiger partial charge in [-0.15, -0.1) is 0 Å². The highest BCUT2D eigenvalue weighted by Crippen LogP contribution is 2.61. The Morgan fingerprint density at radius 3 is 2.73 bits per heavy atom. The van der Waals surface area contributed by atoms with Crippen LogP contribution in [0.2, 0.25) is 0 Å². The molecule has 2 amide bonds. The van der Waals surface area contributed by atoms with Crippen molar-refractivity contribution < 1.29 is 9.59 Å². The largest absolute Gasteiger partial charge is 0.351 e. The van der Waals surface area contributed by atoms with Crippen molar-refractivity contribution in [2.45, 2.75) is 24.7 Å². The second-order valence-electron chi connectivity index (χ2n) is 7.15. The fourth-order valence-electron chi connectivity index (χ4n) is 4.23.